The number of hydrogen-bond donors (Lipinski definition) is 1. The van der Waals surface area contributed by atoms with Crippen LogP contribution in [0.2, 0.25) is 0 Å². The number of hydrogen-bond acceptors (Lipinski definition) is 2. The fourth-order valence-corrected chi connectivity index (χ4v) is 2.55. The predicted molar refractivity (Wildman–Crippen MR) is 73.2 cm³/mol. The summed E-state index contributed by atoms with van der Waals surface area (Å²) in [6, 6.07) is 6.94. The lowest BCUT2D eigenvalue weighted by Gasteiger charge is -2.41. The highest BCUT2D eigenvalue weighted by atomic mass is 19.1. The minimum atomic E-state index is -0.133. The predicted octanol–water partition coefficient (Wildman–Crippen LogP) is 2.44. The lowest BCUT2D eigenvalue weighted by Crippen LogP contribution is -2.58. The van der Waals surface area contributed by atoms with Crippen LogP contribution in [0.1, 0.15) is 25.8 Å². The number of rotatable bonds is 4. The summed E-state index contributed by atoms with van der Waals surface area (Å²) in [4.78, 5) is 2.48. The molecule has 0 aliphatic carbocycles. The van der Waals surface area contributed by atoms with Crippen LogP contribution in [0, 0.1) is 5.82 Å². The van der Waals surface area contributed by atoms with Gasteiger partial charge in [0, 0.05) is 31.7 Å². The Morgan fingerprint density at radius 3 is 3.00 bits per heavy atom. The van der Waals surface area contributed by atoms with Gasteiger partial charge in [-0.1, -0.05) is 19.1 Å². The van der Waals surface area contributed by atoms with Gasteiger partial charge in [-0.15, -0.1) is 0 Å². The highest BCUT2D eigenvalue weighted by Gasteiger charge is 2.28. The van der Waals surface area contributed by atoms with Gasteiger partial charge in [0.25, 0.3) is 0 Å². The second kappa shape index (κ2) is 5.81. The van der Waals surface area contributed by atoms with Crippen LogP contribution >= 0.6 is 0 Å². The highest BCUT2D eigenvalue weighted by molar-refractivity contribution is 5.16. The molecule has 1 aromatic rings. The van der Waals surface area contributed by atoms with Crippen molar-refractivity contribution >= 4 is 0 Å². The first kappa shape index (κ1) is 13.5. The summed E-state index contributed by atoms with van der Waals surface area (Å²) in [5.41, 5.74) is 1.33. The third kappa shape index (κ3) is 3.53. The van der Waals surface area contributed by atoms with Gasteiger partial charge in [-0.3, -0.25) is 4.90 Å². The molecule has 3 heteroatoms. The molecule has 1 heterocycles. The van der Waals surface area contributed by atoms with Gasteiger partial charge < -0.3 is 5.32 Å². The molecule has 1 atom stereocenters. The maximum Gasteiger partial charge on any atom is 0.123 e. The summed E-state index contributed by atoms with van der Waals surface area (Å²) < 4.78 is 13.1. The molecule has 1 saturated heterocycles. The van der Waals surface area contributed by atoms with Gasteiger partial charge in [0.2, 0.25) is 0 Å². The van der Waals surface area contributed by atoms with E-state index in [2.05, 4.69) is 24.1 Å². The van der Waals surface area contributed by atoms with Crippen molar-refractivity contribution in [2.45, 2.75) is 32.2 Å². The minimum absolute atomic E-state index is 0.133. The Morgan fingerprint density at radius 1 is 1.44 bits per heavy atom. The van der Waals surface area contributed by atoms with Crippen molar-refractivity contribution in [1.82, 2.24) is 10.2 Å². The largest absolute Gasteiger partial charge is 0.309 e. The molecule has 2 rings (SSSR count). The number of nitrogens with zero attached hydrogens (tertiary/aromatic N) is 1. The first-order valence-corrected chi connectivity index (χ1v) is 6.83. The fourth-order valence-electron chi connectivity index (χ4n) is 2.55. The lowest BCUT2D eigenvalue weighted by molar-refractivity contribution is 0.141. The van der Waals surface area contributed by atoms with Crippen LogP contribution in [-0.4, -0.2) is 36.6 Å². The monoisotopic (exact) mass is 250 g/mol. The van der Waals surface area contributed by atoms with Crippen LogP contribution in [0.3, 0.4) is 0 Å². The molecule has 100 valence electrons. The van der Waals surface area contributed by atoms with Gasteiger partial charge in [-0.05, 0) is 37.5 Å². The second-order valence-electron chi connectivity index (χ2n) is 5.50. The molecule has 0 bridgehead atoms. The Morgan fingerprint density at radius 2 is 2.28 bits per heavy atom. The van der Waals surface area contributed by atoms with E-state index in [1.165, 1.54) is 6.07 Å². The van der Waals surface area contributed by atoms with Crippen LogP contribution in [0.4, 0.5) is 4.39 Å². The summed E-state index contributed by atoms with van der Waals surface area (Å²) >= 11 is 0. The molecule has 0 spiro atoms. The van der Waals surface area contributed by atoms with E-state index >= 15 is 0 Å². The van der Waals surface area contributed by atoms with Crippen LogP contribution in [-0.2, 0) is 6.42 Å². The third-order valence-electron chi connectivity index (χ3n) is 3.94. The number of piperazine rings is 1. The quantitative estimate of drug-likeness (QED) is 0.883. The van der Waals surface area contributed by atoms with Gasteiger partial charge >= 0.3 is 0 Å². The van der Waals surface area contributed by atoms with Gasteiger partial charge in [0.1, 0.15) is 5.82 Å². The topological polar surface area (TPSA) is 15.3 Å². The molecule has 0 radical (unpaired) electrons. The molecule has 1 aromatic carbocycles. The van der Waals surface area contributed by atoms with Gasteiger partial charge in [-0.25, -0.2) is 4.39 Å². The highest BCUT2D eigenvalue weighted by Crippen LogP contribution is 2.15. The molecule has 0 saturated carbocycles. The van der Waals surface area contributed by atoms with Crippen molar-refractivity contribution in [3.8, 4) is 0 Å². The molecule has 0 aromatic heterocycles. The first-order chi connectivity index (χ1) is 8.61. The molecular formula is C15H23FN2. The molecule has 1 aliphatic rings. The summed E-state index contributed by atoms with van der Waals surface area (Å²) in [6.45, 7) is 8.74. The van der Waals surface area contributed by atoms with E-state index in [0.29, 0.717) is 0 Å². The molecule has 2 nitrogen and oxygen atoms in total. The van der Waals surface area contributed by atoms with Crippen molar-refractivity contribution in [2.24, 2.45) is 0 Å². The van der Waals surface area contributed by atoms with Crippen molar-refractivity contribution < 1.29 is 4.39 Å². The SMILES string of the molecule is CCC1(C)CN(CCc2cccc(F)c2)CCN1. The average Bonchev–Trinajstić information content (AvgIpc) is 2.37. The Bertz CT molecular complexity index is 394. The van der Waals surface area contributed by atoms with Crippen molar-refractivity contribution in [3.05, 3.63) is 35.6 Å². The number of benzene rings is 1. The maximum atomic E-state index is 13.1. The van der Waals surface area contributed by atoms with Gasteiger partial charge in [0.05, 0.1) is 0 Å². The molecule has 1 unspecified atom stereocenters. The lowest BCUT2D eigenvalue weighted by atomic mass is 9.95. The zero-order valence-electron chi connectivity index (χ0n) is 11.4. The Hall–Kier alpha value is -0.930. The van der Waals surface area contributed by atoms with Crippen LogP contribution in [0.15, 0.2) is 24.3 Å². The zero-order chi connectivity index (χ0) is 13.0. The number of nitrogens with one attached hydrogen (secondary N) is 1. The molecule has 1 fully saturated rings. The molecule has 1 aliphatic heterocycles. The van der Waals surface area contributed by atoms with Crippen molar-refractivity contribution in [2.75, 3.05) is 26.2 Å². The Labute approximate surface area is 109 Å². The first-order valence-electron chi connectivity index (χ1n) is 6.83. The Kier molecular flexibility index (Phi) is 4.36. The maximum absolute atomic E-state index is 13.1. The van der Waals surface area contributed by atoms with E-state index in [4.69, 9.17) is 0 Å². The van der Waals surface area contributed by atoms with E-state index in [0.717, 1.165) is 44.6 Å². The van der Waals surface area contributed by atoms with Crippen LogP contribution in [0.25, 0.3) is 0 Å². The third-order valence-corrected chi connectivity index (χ3v) is 3.94. The Balaban J connectivity index is 1.87. The van der Waals surface area contributed by atoms with E-state index in [-0.39, 0.29) is 11.4 Å². The minimum Gasteiger partial charge on any atom is -0.309 e. The van der Waals surface area contributed by atoms with Crippen molar-refractivity contribution in [3.63, 3.8) is 0 Å². The zero-order valence-corrected chi connectivity index (χ0v) is 11.4. The standard InChI is InChI=1S/C15H23FN2/c1-3-15(2)12-18(10-8-17-15)9-7-13-5-4-6-14(16)11-13/h4-6,11,17H,3,7-10,12H2,1-2H3. The molecule has 18 heavy (non-hydrogen) atoms. The van der Waals surface area contributed by atoms with E-state index in [1.54, 1.807) is 12.1 Å². The average molecular weight is 250 g/mol. The molecular weight excluding hydrogens is 227 g/mol. The van der Waals surface area contributed by atoms with E-state index in [1.807, 2.05) is 6.07 Å². The van der Waals surface area contributed by atoms with Crippen LogP contribution < -0.4 is 5.32 Å². The van der Waals surface area contributed by atoms with Crippen molar-refractivity contribution in [1.29, 1.82) is 0 Å². The molecule has 1 N–H and O–H groups in total. The normalized spacial score (nSPS) is 25.3. The summed E-state index contributed by atoms with van der Waals surface area (Å²) in [6.07, 6.45) is 2.07. The molecule has 0 amide bonds. The second-order valence-corrected chi connectivity index (χ2v) is 5.50. The summed E-state index contributed by atoms with van der Waals surface area (Å²) in [7, 11) is 0. The van der Waals surface area contributed by atoms with Gasteiger partial charge in [0.15, 0.2) is 0 Å². The smallest absolute Gasteiger partial charge is 0.123 e. The summed E-state index contributed by atoms with van der Waals surface area (Å²) in [5, 5.41) is 3.58. The van der Waals surface area contributed by atoms with E-state index in [9.17, 15) is 4.39 Å². The van der Waals surface area contributed by atoms with Gasteiger partial charge in [-0.2, -0.15) is 0 Å². The summed E-state index contributed by atoms with van der Waals surface area (Å²) in [5.74, 6) is -0.133. The number of halogens is 1. The van der Waals surface area contributed by atoms with E-state index < -0.39 is 0 Å². The fraction of sp³-hybridized carbons (Fsp3) is 0.600. The van der Waals surface area contributed by atoms with Crippen LogP contribution in [0.5, 0.6) is 0 Å².